The Morgan fingerprint density at radius 2 is 1.61 bits per heavy atom. The molecule has 3 aromatic rings. The summed E-state index contributed by atoms with van der Waals surface area (Å²) in [6.07, 6.45) is 0. The Balaban J connectivity index is 1.79. The van der Waals surface area contributed by atoms with Gasteiger partial charge in [-0.3, -0.25) is 14.5 Å². The van der Waals surface area contributed by atoms with Crippen LogP contribution in [-0.2, 0) is 16.1 Å². The van der Waals surface area contributed by atoms with E-state index >= 15 is 0 Å². The first-order valence-corrected chi connectivity index (χ1v) is 11.0. The number of carbonyl (C=O) groups excluding carboxylic acids is 2. The van der Waals surface area contributed by atoms with E-state index in [9.17, 15) is 9.59 Å². The molecule has 0 unspecified atom stereocenters. The lowest BCUT2D eigenvalue weighted by Crippen LogP contribution is -2.32. The number of hydrogen-bond donors (Lipinski definition) is 1. The summed E-state index contributed by atoms with van der Waals surface area (Å²) in [7, 11) is 1.54. The van der Waals surface area contributed by atoms with Crippen molar-refractivity contribution < 1.29 is 14.3 Å². The standard InChI is InChI=1S/C27H25ClN2O3/c1-16-5-8-19(9-6-16)15-30-26(31)24(20-10-7-17(2)18(3)13-20)25(27(30)32)29-22-14-21(28)11-12-23(22)33-4/h5-14,29H,15H2,1-4H3. The fraction of sp³-hybridized carbons (Fsp3) is 0.185. The van der Waals surface area contributed by atoms with Crippen LogP contribution < -0.4 is 10.1 Å². The lowest BCUT2D eigenvalue weighted by Gasteiger charge is -2.16. The Kier molecular flexibility index (Phi) is 6.25. The summed E-state index contributed by atoms with van der Waals surface area (Å²) in [5.74, 6) is -0.216. The number of carbonyl (C=O) groups is 2. The van der Waals surface area contributed by atoms with Crippen LogP contribution in [0.3, 0.4) is 0 Å². The Hall–Kier alpha value is -3.57. The van der Waals surface area contributed by atoms with Crippen LogP contribution in [0.2, 0.25) is 5.02 Å². The minimum absolute atomic E-state index is 0.185. The summed E-state index contributed by atoms with van der Waals surface area (Å²) in [4.78, 5) is 28.4. The molecule has 0 saturated carbocycles. The minimum Gasteiger partial charge on any atom is -0.495 e. The maximum atomic E-state index is 13.6. The molecule has 6 heteroatoms. The summed E-state index contributed by atoms with van der Waals surface area (Å²) < 4.78 is 5.43. The fourth-order valence-electron chi connectivity index (χ4n) is 3.79. The Bertz CT molecular complexity index is 1280. The SMILES string of the molecule is COc1ccc(Cl)cc1NC1=C(c2ccc(C)c(C)c2)C(=O)N(Cc2ccc(C)cc2)C1=O. The molecule has 33 heavy (non-hydrogen) atoms. The largest absolute Gasteiger partial charge is 0.495 e. The highest BCUT2D eigenvalue weighted by atomic mass is 35.5. The summed E-state index contributed by atoms with van der Waals surface area (Å²) in [5, 5.41) is 3.63. The number of imide groups is 1. The van der Waals surface area contributed by atoms with Crippen LogP contribution in [0.5, 0.6) is 5.75 Å². The first-order valence-electron chi connectivity index (χ1n) is 10.6. The highest BCUT2D eigenvalue weighted by molar-refractivity contribution is 6.36. The molecule has 0 bridgehead atoms. The number of amides is 2. The average molecular weight is 461 g/mol. The van der Waals surface area contributed by atoms with Crippen molar-refractivity contribution in [3.8, 4) is 5.75 Å². The van der Waals surface area contributed by atoms with E-state index in [4.69, 9.17) is 16.3 Å². The number of anilines is 1. The predicted molar refractivity (Wildman–Crippen MR) is 131 cm³/mol. The van der Waals surface area contributed by atoms with E-state index in [1.807, 2.05) is 63.2 Å². The average Bonchev–Trinajstić information content (AvgIpc) is 3.01. The molecule has 0 saturated heterocycles. The molecular weight excluding hydrogens is 436 g/mol. The van der Waals surface area contributed by atoms with E-state index < -0.39 is 5.91 Å². The van der Waals surface area contributed by atoms with E-state index in [-0.39, 0.29) is 18.1 Å². The zero-order valence-corrected chi connectivity index (χ0v) is 19.8. The molecule has 0 fully saturated rings. The molecular formula is C27H25ClN2O3. The monoisotopic (exact) mass is 460 g/mol. The number of rotatable bonds is 6. The quantitative estimate of drug-likeness (QED) is 0.482. The van der Waals surface area contributed by atoms with Crippen molar-refractivity contribution in [1.29, 1.82) is 0 Å². The molecule has 0 aromatic heterocycles. The molecule has 0 aliphatic carbocycles. The summed E-state index contributed by atoms with van der Waals surface area (Å²) in [6, 6.07) is 18.6. The molecule has 1 aliphatic heterocycles. The van der Waals surface area contributed by atoms with Crippen molar-refractivity contribution in [3.05, 3.63) is 99.2 Å². The van der Waals surface area contributed by atoms with Gasteiger partial charge in [0, 0.05) is 5.02 Å². The van der Waals surface area contributed by atoms with Crippen LogP contribution in [0.4, 0.5) is 5.69 Å². The predicted octanol–water partition coefficient (Wildman–Crippen LogP) is 5.67. The molecule has 1 N–H and O–H groups in total. The number of halogens is 1. The third-order valence-electron chi connectivity index (χ3n) is 5.85. The zero-order chi connectivity index (χ0) is 23.7. The van der Waals surface area contributed by atoms with Gasteiger partial charge in [-0.05, 0) is 61.2 Å². The first-order chi connectivity index (χ1) is 15.8. The molecule has 0 spiro atoms. The number of nitrogens with one attached hydrogen (secondary N) is 1. The highest BCUT2D eigenvalue weighted by Gasteiger charge is 2.39. The molecule has 0 atom stereocenters. The van der Waals surface area contributed by atoms with Gasteiger partial charge in [0.25, 0.3) is 11.8 Å². The fourth-order valence-corrected chi connectivity index (χ4v) is 3.96. The van der Waals surface area contributed by atoms with Gasteiger partial charge in [0.15, 0.2) is 0 Å². The van der Waals surface area contributed by atoms with E-state index in [0.717, 1.165) is 22.3 Å². The topological polar surface area (TPSA) is 58.6 Å². The van der Waals surface area contributed by atoms with Crippen LogP contribution >= 0.6 is 11.6 Å². The number of methoxy groups -OCH3 is 1. The summed E-state index contributed by atoms with van der Waals surface area (Å²) in [6.45, 7) is 6.17. The van der Waals surface area contributed by atoms with Crippen LogP contribution in [-0.4, -0.2) is 23.8 Å². The molecule has 4 rings (SSSR count). The second-order valence-corrected chi connectivity index (χ2v) is 8.64. The van der Waals surface area contributed by atoms with Gasteiger partial charge in [-0.15, -0.1) is 0 Å². The smallest absolute Gasteiger partial charge is 0.278 e. The van der Waals surface area contributed by atoms with Gasteiger partial charge in [-0.2, -0.15) is 0 Å². The molecule has 168 valence electrons. The maximum Gasteiger partial charge on any atom is 0.278 e. The number of nitrogens with zero attached hydrogens (tertiary/aromatic N) is 1. The minimum atomic E-state index is -0.393. The first kappa shape index (κ1) is 22.6. The Morgan fingerprint density at radius 1 is 0.879 bits per heavy atom. The van der Waals surface area contributed by atoms with Gasteiger partial charge < -0.3 is 10.1 Å². The maximum absolute atomic E-state index is 13.6. The van der Waals surface area contributed by atoms with Crippen LogP contribution in [0, 0.1) is 20.8 Å². The van der Waals surface area contributed by atoms with Crippen molar-refractivity contribution in [2.24, 2.45) is 0 Å². The van der Waals surface area contributed by atoms with Crippen molar-refractivity contribution in [2.75, 3.05) is 12.4 Å². The number of ether oxygens (including phenoxy) is 1. The molecule has 2 amide bonds. The van der Waals surface area contributed by atoms with E-state index in [0.29, 0.717) is 27.6 Å². The van der Waals surface area contributed by atoms with E-state index in [1.54, 1.807) is 25.3 Å². The third-order valence-corrected chi connectivity index (χ3v) is 6.08. The van der Waals surface area contributed by atoms with Gasteiger partial charge in [0.2, 0.25) is 0 Å². The van der Waals surface area contributed by atoms with Gasteiger partial charge in [0.05, 0.1) is 24.9 Å². The van der Waals surface area contributed by atoms with Gasteiger partial charge >= 0.3 is 0 Å². The number of benzene rings is 3. The van der Waals surface area contributed by atoms with Crippen LogP contribution in [0.15, 0.2) is 66.4 Å². The van der Waals surface area contributed by atoms with Gasteiger partial charge in [-0.1, -0.05) is 59.6 Å². The van der Waals surface area contributed by atoms with Gasteiger partial charge in [0.1, 0.15) is 11.4 Å². The molecule has 3 aromatic carbocycles. The van der Waals surface area contributed by atoms with Crippen LogP contribution in [0.1, 0.15) is 27.8 Å². The Morgan fingerprint density at radius 3 is 2.27 bits per heavy atom. The molecule has 0 radical (unpaired) electrons. The van der Waals surface area contributed by atoms with Crippen molar-refractivity contribution >= 4 is 34.7 Å². The summed E-state index contributed by atoms with van der Waals surface area (Å²) in [5.41, 5.74) is 5.88. The highest BCUT2D eigenvalue weighted by Crippen LogP contribution is 2.35. The normalized spacial score (nSPS) is 13.7. The number of aryl methyl sites for hydroxylation is 3. The molecule has 5 nitrogen and oxygen atoms in total. The zero-order valence-electron chi connectivity index (χ0n) is 19.0. The molecule has 1 heterocycles. The van der Waals surface area contributed by atoms with Crippen LogP contribution in [0.25, 0.3) is 5.57 Å². The lowest BCUT2D eigenvalue weighted by atomic mass is 9.99. The Labute approximate surface area is 198 Å². The second-order valence-electron chi connectivity index (χ2n) is 8.20. The molecule has 1 aliphatic rings. The van der Waals surface area contributed by atoms with Crippen molar-refractivity contribution in [1.82, 2.24) is 4.90 Å². The summed E-state index contributed by atoms with van der Waals surface area (Å²) >= 11 is 6.19. The van der Waals surface area contributed by atoms with E-state index in [2.05, 4.69) is 5.32 Å². The van der Waals surface area contributed by atoms with E-state index in [1.165, 1.54) is 4.90 Å². The number of hydrogen-bond acceptors (Lipinski definition) is 4. The van der Waals surface area contributed by atoms with Crippen molar-refractivity contribution in [2.45, 2.75) is 27.3 Å². The second kappa shape index (κ2) is 9.12. The van der Waals surface area contributed by atoms with Crippen molar-refractivity contribution in [3.63, 3.8) is 0 Å². The van der Waals surface area contributed by atoms with Gasteiger partial charge in [-0.25, -0.2) is 0 Å². The third kappa shape index (κ3) is 4.50. The lowest BCUT2D eigenvalue weighted by molar-refractivity contribution is -0.137.